The number of thiophene rings is 1. The molecule has 0 aliphatic carbocycles. The van der Waals surface area contributed by atoms with Crippen LogP contribution >= 0.6 is 11.3 Å². The Balaban J connectivity index is 1.85. The molecule has 1 aromatic rings. The molecule has 2 amide bonds. The molecule has 2 atom stereocenters. The summed E-state index contributed by atoms with van der Waals surface area (Å²) >= 11 is 1.73. The van der Waals surface area contributed by atoms with Crippen molar-refractivity contribution in [1.82, 2.24) is 9.80 Å². The fraction of sp³-hybridized carbons (Fsp3) is 0.600. The van der Waals surface area contributed by atoms with Crippen LogP contribution < -0.4 is 0 Å². The second-order valence-electron chi connectivity index (χ2n) is 6.04. The van der Waals surface area contributed by atoms with E-state index in [0.29, 0.717) is 19.5 Å². The molecule has 0 radical (unpaired) electrons. The van der Waals surface area contributed by atoms with Gasteiger partial charge in [0.2, 0.25) is 0 Å². The Kier molecular flexibility index (Phi) is 3.43. The van der Waals surface area contributed by atoms with Gasteiger partial charge in [-0.25, -0.2) is 9.59 Å². The minimum atomic E-state index is -1.06. The predicted molar refractivity (Wildman–Crippen MR) is 80.5 cm³/mol. The maximum Gasteiger partial charge on any atom is 0.329 e. The van der Waals surface area contributed by atoms with Crippen molar-refractivity contribution in [2.75, 3.05) is 13.1 Å². The predicted octanol–water partition coefficient (Wildman–Crippen LogP) is 2.73. The quantitative estimate of drug-likeness (QED) is 0.867. The van der Waals surface area contributed by atoms with Crippen LogP contribution in [0.2, 0.25) is 0 Å². The average molecular weight is 308 g/mol. The summed E-state index contributed by atoms with van der Waals surface area (Å²) in [4.78, 5) is 29.1. The molecule has 0 aromatic carbocycles. The molecule has 1 N–H and O–H groups in total. The van der Waals surface area contributed by atoms with Crippen LogP contribution in [0.15, 0.2) is 11.4 Å². The third-order valence-corrected chi connectivity index (χ3v) is 5.85. The number of carbonyl (C=O) groups excluding carboxylic acids is 1. The molecular formula is C15H20N2O3S. The SMILES string of the molecule is CC1c2ccsc2CCN1C(=O)N1CCCC1(C)C(=O)O. The summed E-state index contributed by atoms with van der Waals surface area (Å²) < 4.78 is 0. The lowest BCUT2D eigenvalue weighted by Gasteiger charge is -2.40. The summed E-state index contributed by atoms with van der Waals surface area (Å²) in [5.74, 6) is -0.908. The van der Waals surface area contributed by atoms with Crippen molar-refractivity contribution in [3.8, 4) is 0 Å². The summed E-state index contributed by atoms with van der Waals surface area (Å²) in [5, 5.41) is 11.5. The van der Waals surface area contributed by atoms with Crippen molar-refractivity contribution in [2.24, 2.45) is 0 Å². The van der Waals surface area contributed by atoms with Gasteiger partial charge in [-0.2, -0.15) is 0 Å². The van der Waals surface area contributed by atoms with Crippen LogP contribution in [0.25, 0.3) is 0 Å². The molecule has 1 fully saturated rings. The van der Waals surface area contributed by atoms with E-state index in [2.05, 4.69) is 11.4 Å². The number of nitrogens with zero attached hydrogens (tertiary/aromatic N) is 2. The van der Waals surface area contributed by atoms with Crippen LogP contribution in [0.5, 0.6) is 0 Å². The Labute approximate surface area is 128 Å². The lowest BCUT2D eigenvalue weighted by molar-refractivity contribution is -0.147. The number of urea groups is 1. The van der Waals surface area contributed by atoms with Crippen molar-refractivity contribution in [2.45, 2.75) is 44.7 Å². The van der Waals surface area contributed by atoms with Crippen LogP contribution in [0.3, 0.4) is 0 Å². The fourth-order valence-electron chi connectivity index (χ4n) is 3.42. The van der Waals surface area contributed by atoms with Gasteiger partial charge in [0.1, 0.15) is 5.54 Å². The number of likely N-dealkylation sites (tertiary alicyclic amines) is 1. The van der Waals surface area contributed by atoms with E-state index >= 15 is 0 Å². The van der Waals surface area contributed by atoms with Gasteiger partial charge in [0, 0.05) is 18.0 Å². The van der Waals surface area contributed by atoms with Crippen molar-refractivity contribution in [1.29, 1.82) is 0 Å². The van der Waals surface area contributed by atoms with Gasteiger partial charge in [0.25, 0.3) is 0 Å². The van der Waals surface area contributed by atoms with Crippen molar-refractivity contribution in [3.05, 3.63) is 21.9 Å². The highest BCUT2D eigenvalue weighted by Gasteiger charge is 2.48. The third-order valence-electron chi connectivity index (χ3n) is 4.86. The molecule has 5 nitrogen and oxygen atoms in total. The molecule has 2 aliphatic rings. The van der Waals surface area contributed by atoms with E-state index in [0.717, 1.165) is 12.8 Å². The first-order valence-electron chi connectivity index (χ1n) is 7.33. The zero-order chi connectivity index (χ0) is 15.2. The molecule has 2 aliphatic heterocycles. The van der Waals surface area contributed by atoms with Crippen LogP contribution in [-0.4, -0.2) is 45.5 Å². The maximum atomic E-state index is 12.9. The Morgan fingerprint density at radius 2 is 2.19 bits per heavy atom. The second kappa shape index (κ2) is 5.02. The van der Waals surface area contributed by atoms with E-state index in [1.54, 1.807) is 23.2 Å². The largest absolute Gasteiger partial charge is 0.480 e. The number of aliphatic carboxylic acids is 1. The molecule has 6 heteroatoms. The van der Waals surface area contributed by atoms with Gasteiger partial charge < -0.3 is 14.9 Å². The van der Waals surface area contributed by atoms with Crippen LogP contribution in [-0.2, 0) is 11.2 Å². The Bertz CT molecular complexity index is 585. The van der Waals surface area contributed by atoms with E-state index in [1.807, 2.05) is 11.8 Å². The molecule has 1 saturated heterocycles. The number of hydrogen-bond donors (Lipinski definition) is 1. The van der Waals surface area contributed by atoms with E-state index in [1.165, 1.54) is 10.4 Å². The fourth-order valence-corrected chi connectivity index (χ4v) is 4.38. The normalized spacial score (nSPS) is 28.6. The van der Waals surface area contributed by atoms with Crippen molar-refractivity contribution in [3.63, 3.8) is 0 Å². The number of fused-ring (bicyclic) bond motifs is 1. The van der Waals surface area contributed by atoms with Gasteiger partial charge in [-0.3, -0.25) is 0 Å². The molecule has 3 heterocycles. The Morgan fingerprint density at radius 1 is 1.43 bits per heavy atom. The van der Waals surface area contributed by atoms with Crippen molar-refractivity contribution < 1.29 is 14.7 Å². The minimum Gasteiger partial charge on any atom is -0.480 e. The second-order valence-corrected chi connectivity index (χ2v) is 7.04. The Hall–Kier alpha value is -1.56. The molecule has 0 bridgehead atoms. The van der Waals surface area contributed by atoms with Crippen LogP contribution in [0.4, 0.5) is 4.79 Å². The zero-order valence-corrected chi connectivity index (χ0v) is 13.2. The van der Waals surface area contributed by atoms with Gasteiger partial charge in [-0.1, -0.05) is 0 Å². The van der Waals surface area contributed by atoms with E-state index in [9.17, 15) is 14.7 Å². The highest BCUT2D eigenvalue weighted by Crippen LogP contribution is 2.36. The van der Waals surface area contributed by atoms with E-state index < -0.39 is 11.5 Å². The topological polar surface area (TPSA) is 60.9 Å². The maximum absolute atomic E-state index is 12.9. The number of amides is 2. The van der Waals surface area contributed by atoms with E-state index in [4.69, 9.17) is 0 Å². The van der Waals surface area contributed by atoms with Gasteiger partial charge in [-0.15, -0.1) is 11.3 Å². The number of rotatable bonds is 1. The summed E-state index contributed by atoms with van der Waals surface area (Å²) in [6.07, 6.45) is 2.14. The van der Waals surface area contributed by atoms with E-state index in [-0.39, 0.29) is 12.1 Å². The Morgan fingerprint density at radius 3 is 2.90 bits per heavy atom. The van der Waals surface area contributed by atoms with Gasteiger partial charge >= 0.3 is 12.0 Å². The summed E-state index contributed by atoms with van der Waals surface area (Å²) in [7, 11) is 0. The molecule has 2 unspecified atom stereocenters. The van der Waals surface area contributed by atoms with Crippen LogP contribution in [0, 0.1) is 0 Å². The standard InChI is InChI=1S/C15H20N2O3S/c1-10-11-5-9-21-12(11)4-8-16(10)14(20)17-7-3-6-15(17,2)13(18)19/h5,9-10H,3-4,6-8H2,1-2H3,(H,18,19). The molecular weight excluding hydrogens is 288 g/mol. The van der Waals surface area contributed by atoms with Gasteiger partial charge in [-0.05, 0) is 50.1 Å². The molecule has 0 saturated carbocycles. The molecule has 1 aromatic heterocycles. The molecule has 0 spiro atoms. The molecule has 114 valence electrons. The molecule has 21 heavy (non-hydrogen) atoms. The zero-order valence-electron chi connectivity index (χ0n) is 12.3. The summed E-state index contributed by atoms with van der Waals surface area (Å²) in [5.41, 5.74) is 0.141. The monoisotopic (exact) mass is 308 g/mol. The smallest absolute Gasteiger partial charge is 0.329 e. The van der Waals surface area contributed by atoms with Crippen molar-refractivity contribution >= 4 is 23.3 Å². The number of carboxylic acids is 1. The molecule has 3 rings (SSSR count). The third kappa shape index (κ3) is 2.12. The highest BCUT2D eigenvalue weighted by atomic mass is 32.1. The lowest BCUT2D eigenvalue weighted by atomic mass is 9.98. The van der Waals surface area contributed by atoms with Gasteiger partial charge in [0.15, 0.2) is 0 Å². The highest BCUT2D eigenvalue weighted by molar-refractivity contribution is 7.10. The summed E-state index contributed by atoms with van der Waals surface area (Å²) in [6.45, 7) is 4.88. The minimum absolute atomic E-state index is 0.0196. The number of carbonyl (C=O) groups is 2. The first kappa shape index (κ1) is 14.4. The summed E-state index contributed by atoms with van der Waals surface area (Å²) in [6, 6.07) is 1.96. The average Bonchev–Trinajstić information content (AvgIpc) is 3.06. The number of hydrogen-bond acceptors (Lipinski definition) is 3. The number of carboxylic acid groups (broad SMARTS) is 1. The lowest BCUT2D eigenvalue weighted by Crippen LogP contribution is -2.56. The first-order valence-corrected chi connectivity index (χ1v) is 8.21. The first-order chi connectivity index (χ1) is 9.95. The van der Waals surface area contributed by atoms with Gasteiger partial charge in [0.05, 0.1) is 6.04 Å². The van der Waals surface area contributed by atoms with Crippen LogP contribution in [0.1, 0.15) is 43.2 Å².